The number of nitrogens with zero attached hydrogens (tertiary/aromatic N) is 1. The van der Waals surface area contributed by atoms with Crippen LogP contribution in [0.3, 0.4) is 0 Å². The molecule has 1 heterocycles. The largest absolute Gasteiger partial charge is 0.368 e. The molecule has 0 bridgehead atoms. The van der Waals surface area contributed by atoms with Crippen molar-refractivity contribution in [2.75, 3.05) is 0 Å². The fourth-order valence-corrected chi connectivity index (χ4v) is 1.52. The van der Waals surface area contributed by atoms with Gasteiger partial charge in [0.2, 0.25) is 5.91 Å². The van der Waals surface area contributed by atoms with Crippen LogP contribution >= 0.6 is 11.6 Å². The first-order chi connectivity index (χ1) is 7.93. The number of hydrogen-bond donors (Lipinski definition) is 2. The van der Waals surface area contributed by atoms with Crippen molar-refractivity contribution in [2.45, 2.75) is 19.9 Å². The fourth-order valence-electron chi connectivity index (χ4n) is 1.33. The Morgan fingerprint density at radius 1 is 1.47 bits per heavy atom. The number of halogens is 1. The van der Waals surface area contributed by atoms with Crippen molar-refractivity contribution in [2.24, 2.45) is 11.7 Å². The van der Waals surface area contributed by atoms with E-state index in [-0.39, 0.29) is 16.5 Å². The monoisotopic (exact) mass is 255 g/mol. The summed E-state index contributed by atoms with van der Waals surface area (Å²) < 4.78 is 0. The molecule has 6 heteroatoms. The van der Waals surface area contributed by atoms with Gasteiger partial charge in [-0.25, -0.2) is 0 Å². The molecule has 0 saturated heterocycles. The van der Waals surface area contributed by atoms with E-state index in [1.165, 1.54) is 18.5 Å². The average Bonchev–Trinajstić information content (AvgIpc) is 2.25. The van der Waals surface area contributed by atoms with E-state index in [0.717, 1.165) is 0 Å². The Bertz CT molecular complexity index is 434. The second kappa shape index (κ2) is 5.63. The predicted octanol–water partition coefficient (Wildman–Crippen LogP) is 0.975. The molecule has 17 heavy (non-hydrogen) atoms. The zero-order chi connectivity index (χ0) is 13.0. The van der Waals surface area contributed by atoms with E-state index >= 15 is 0 Å². The average molecular weight is 256 g/mol. The van der Waals surface area contributed by atoms with E-state index < -0.39 is 17.9 Å². The molecule has 1 aromatic heterocycles. The van der Waals surface area contributed by atoms with Gasteiger partial charge in [-0.2, -0.15) is 0 Å². The number of amides is 2. The number of aromatic nitrogens is 1. The second-order valence-corrected chi connectivity index (χ2v) is 4.36. The lowest BCUT2D eigenvalue weighted by Gasteiger charge is -2.19. The minimum absolute atomic E-state index is 0.0908. The number of rotatable bonds is 4. The number of nitrogens with one attached hydrogen (secondary N) is 1. The Balaban J connectivity index is 2.85. The third-order valence-electron chi connectivity index (χ3n) is 2.27. The van der Waals surface area contributed by atoms with E-state index in [4.69, 9.17) is 17.3 Å². The second-order valence-electron chi connectivity index (χ2n) is 3.95. The molecular formula is C11H14ClN3O2. The first-order valence-electron chi connectivity index (χ1n) is 5.13. The molecule has 0 fully saturated rings. The Labute approximate surface area is 104 Å². The molecule has 1 aromatic rings. The third-order valence-corrected chi connectivity index (χ3v) is 2.60. The van der Waals surface area contributed by atoms with E-state index in [9.17, 15) is 9.59 Å². The molecule has 0 spiro atoms. The highest BCUT2D eigenvalue weighted by Gasteiger charge is 2.23. The Morgan fingerprint density at radius 3 is 2.59 bits per heavy atom. The molecule has 92 valence electrons. The van der Waals surface area contributed by atoms with Gasteiger partial charge in [0.25, 0.3) is 5.91 Å². The minimum Gasteiger partial charge on any atom is -0.368 e. The first kappa shape index (κ1) is 13.4. The maximum absolute atomic E-state index is 11.8. The molecule has 3 N–H and O–H groups in total. The maximum atomic E-state index is 11.8. The lowest BCUT2D eigenvalue weighted by Crippen LogP contribution is -2.47. The quantitative estimate of drug-likeness (QED) is 0.841. The van der Waals surface area contributed by atoms with Gasteiger partial charge >= 0.3 is 0 Å². The molecule has 0 aromatic carbocycles. The van der Waals surface area contributed by atoms with Gasteiger partial charge in [0.05, 0.1) is 10.6 Å². The SMILES string of the molecule is CC(C)C(NC(=O)c1cnccc1Cl)C(N)=O. The van der Waals surface area contributed by atoms with Crippen LogP contribution in [0.5, 0.6) is 0 Å². The predicted molar refractivity (Wildman–Crippen MR) is 64.5 cm³/mol. The van der Waals surface area contributed by atoms with Crippen molar-refractivity contribution in [3.8, 4) is 0 Å². The van der Waals surface area contributed by atoms with Crippen LogP contribution in [0.2, 0.25) is 5.02 Å². The lowest BCUT2D eigenvalue weighted by molar-refractivity contribution is -0.120. The molecule has 0 aliphatic carbocycles. The minimum atomic E-state index is -0.723. The molecule has 5 nitrogen and oxygen atoms in total. The number of hydrogen-bond acceptors (Lipinski definition) is 3. The van der Waals surface area contributed by atoms with Crippen LogP contribution < -0.4 is 11.1 Å². The zero-order valence-corrected chi connectivity index (χ0v) is 10.4. The summed E-state index contributed by atoms with van der Waals surface area (Å²) >= 11 is 5.84. The van der Waals surface area contributed by atoms with Crippen LogP contribution in [0.25, 0.3) is 0 Å². The van der Waals surface area contributed by atoms with Crippen molar-refractivity contribution in [3.05, 3.63) is 29.0 Å². The van der Waals surface area contributed by atoms with Crippen molar-refractivity contribution >= 4 is 23.4 Å². The van der Waals surface area contributed by atoms with Gasteiger partial charge in [-0.1, -0.05) is 25.4 Å². The molecule has 2 amide bonds. The van der Waals surface area contributed by atoms with Crippen LogP contribution in [0.4, 0.5) is 0 Å². The summed E-state index contributed by atoms with van der Waals surface area (Å²) in [6, 6.07) is 0.782. The maximum Gasteiger partial charge on any atom is 0.255 e. The van der Waals surface area contributed by atoms with Gasteiger partial charge in [0.1, 0.15) is 6.04 Å². The van der Waals surface area contributed by atoms with Crippen LogP contribution in [-0.4, -0.2) is 22.8 Å². The van der Waals surface area contributed by atoms with Gasteiger partial charge < -0.3 is 11.1 Å². The smallest absolute Gasteiger partial charge is 0.255 e. The van der Waals surface area contributed by atoms with Crippen molar-refractivity contribution < 1.29 is 9.59 Å². The van der Waals surface area contributed by atoms with Gasteiger partial charge in [-0.15, -0.1) is 0 Å². The molecule has 0 radical (unpaired) electrons. The van der Waals surface area contributed by atoms with E-state index in [1.54, 1.807) is 13.8 Å². The summed E-state index contributed by atoms with van der Waals surface area (Å²) in [6.45, 7) is 3.58. The molecule has 0 saturated carbocycles. The molecule has 1 atom stereocenters. The fraction of sp³-hybridized carbons (Fsp3) is 0.364. The highest BCUT2D eigenvalue weighted by Crippen LogP contribution is 2.14. The Hall–Kier alpha value is -1.62. The standard InChI is InChI=1S/C11H14ClN3O2/c1-6(2)9(10(13)16)15-11(17)7-5-14-4-3-8(7)12/h3-6,9H,1-2H3,(H2,13,16)(H,15,17). The Kier molecular flexibility index (Phi) is 4.45. The van der Waals surface area contributed by atoms with Crippen molar-refractivity contribution in [1.29, 1.82) is 0 Å². The third kappa shape index (κ3) is 3.42. The number of nitrogens with two attached hydrogens (primary N) is 1. The summed E-state index contributed by atoms with van der Waals surface area (Å²) in [5.74, 6) is -1.12. The van der Waals surface area contributed by atoms with E-state index in [1.807, 2.05) is 0 Å². The first-order valence-corrected chi connectivity index (χ1v) is 5.51. The van der Waals surface area contributed by atoms with Crippen LogP contribution in [0.1, 0.15) is 24.2 Å². The normalized spacial score (nSPS) is 12.2. The summed E-state index contributed by atoms with van der Waals surface area (Å²) in [5.41, 5.74) is 5.42. The molecule has 0 aliphatic heterocycles. The highest BCUT2D eigenvalue weighted by molar-refractivity contribution is 6.33. The van der Waals surface area contributed by atoms with Crippen molar-refractivity contribution in [3.63, 3.8) is 0 Å². The lowest BCUT2D eigenvalue weighted by atomic mass is 10.0. The van der Waals surface area contributed by atoms with Gasteiger partial charge in [-0.3, -0.25) is 14.6 Å². The molecule has 0 aliphatic rings. The number of carbonyl (C=O) groups is 2. The van der Waals surface area contributed by atoms with E-state index in [2.05, 4.69) is 10.3 Å². The number of pyridine rings is 1. The summed E-state index contributed by atoms with van der Waals surface area (Å²) in [5, 5.41) is 2.82. The van der Waals surface area contributed by atoms with Gasteiger partial charge in [0, 0.05) is 12.4 Å². The van der Waals surface area contributed by atoms with Crippen LogP contribution in [0, 0.1) is 5.92 Å². The van der Waals surface area contributed by atoms with E-state index in [0.29, 0.717) is 0 Å². The topological polar surface area (TPSA) is 85.1 Å². The summed E-state index contributed by atoms with van der Waals surface area (Å²) in [4.78, 5) is 26.8. The van der Waals surface area contributed by atoms with Gasteiger partial charge in [0.15, 0.2) is 0 Å². The molecular weight excluding hydrogens is 242 g/mol. The zero-order valence-electron chi connectivity index (χ0n) is 9.61. The van der Waals surface area contributed by atoms with Gasteiger partial charge in [-0.05, 0) is 12.0 Å². The molecule has 1 unspecified atom stereocenters. The molecule has 1 rings (SSSR count). The number of primary amides is 1. The van der Waals surface area contributed by atoms with Crippen LogP contribution in [0.15, 0.2) is 18.5 Å². The van der Waals surface area contributed by atoms with Crippen molar-refractivity contribution in [1.82, 2.24) is 10.3 Å². The number of carbonyl (C=O) groups excluding carboxylic acids is 2. The summed E-state index contributed by atoms with van der Waals surface area (Å²) in [6.07, 6.45) is 2.82. The highest BCUT2D eigenvalue weighted by atomic mass is 35.5. The van der Waals surface area contributed by atoms with Crippen LogP contribution in [-0.2, 0) is 4.79 Å². The Morgan fingerprint density at radius 2 is 2.12 bits per heavy atom. The summed E-state index contributed by atoms with van der Waals surface area (Å²) in [7, 11) is 0.